The van der Waals surface area contributed by atoms with Gasteiger partial charge < -0.3 is 52.4 Å². The number of carbonyl (C=O) groups excluding carboxylic acids is 3. The number of rotatable bonds is 14. The minimum absolute atomic E-state index is 0.158. The van der Waals surface area contributed by atoms with Crippen LogP contribution in [-0.2, 0) is 56.6 Å². The number of phosphoric acid groups is 1. The summed E-state index contributed by atoms with van der Waals surface area (Å²) < 4.78 is 70.5. The molecular formula is C32H41O16P. The molecule has 2 aromatic carbocycles. The third-order valence-electron chi connectivity index (χ3n) is 7.55. The Hall–Kier alpha value is -3.60. The van der Waals surface area contributed by atoms with Crippen molar-refractivity contribution >= 4 is 25.7 Å². The van der Waals surface area contributed by atoms with Crippen LogP contribution in [0.2, 0.25) is 0 Å². The minimum atomic E-state index is -4.49. The van der Waals surface area contributed by atoms with Gasteiger partial charge in [0.15, 0.2) is 24.8 Å². The molecule has 16 nitrogen and oxygen atoms in total. The third kappa shape index (κ3) is 10.4. The first-order valence-corrected chi connectivity index (χ1v) is 16.8. The maximum absolute atomic E-state index is 14.1. The van der Waals surface area contributed by atoms with E-state index in [4.69, 9.17) is 46.7 Å². The van der Waals surface area contributed by atoms with Crippen LogP contribution in [-0.4, -0.2) is 104 Å². The van der Waals surface area contributed by atoms with Crippen molar-refractivity contribution in [2.24, 2.45) is 5.92 Å². The molecule has 2 aliphatic rings. The number of aliphatic hydroxyl groups excluding tert-OH is 2. The molecule has 2 saturated heterocycles. The molecule has 0 aliphatic carbocycles. The number of phosphoric ester groups is 1. The van der Waals surface area contributed by atoms with Gasteiger partial charge in [0.05, 0.1) is 6.61 Å². The van der Waals surface area contributed by atoms with Gasteiger partial charge in [-0.15, -0.1) is 0 Å². The van der Waals surface area contributed by atoms with Gasteiger partial charge in [-0.05, 0) is 24.3 Å². The fraction of sp³-hybridized carbons (Fsp3) is 0.531. The third-order valence-corrected chi connectivity index (χ3v) is 8.89. The van der Waals surface area contributed by atoms with Crippen LogP contribution in [0, 0.1) is 5.92 Å². The number of aliphatic hydroxyl groups is 2. The number of methoxy groups -OCH3 is 1. The van der Waals surface area contributed by atoms with E-state index in [2.05, 4.69) is 0 Å². The number of esters is 3. The van der Waals surface area contributed by atoms with Crippen LogP contribution in [0.5, 0.6) is 11.5 Å². The minimum Gasteiger partial charge on any atom is -0.463 e. The fourth-order valence-corrected chi connectivity index (χ4v) is 6.42. The number of carbonyl (C=O) groups is 3. The zero-order chi connectivity index (χ0) is 35.7. The lowest BCUT2D eigenvalue weighted by Gasteiger charge is -2.47. The molecule has 10 atom stereocenters. The molecule has 2 N–H and O–H groups in total. The molecule has 0 radical (unpaired) electrons. The molecule has 2 aliphatic heterocycles. The summed E-state index contributed by atoms with van der Waals surface area (Å²) >= 11 is 0. The van der Waals surface area contributed by atoms with E-state index in [0.717, 1.165) is 13.8 Å². The van der Waals surface area contributed by atoms with Crippen molar-refractivity contribution in [1.82, 2.24) is 0 Å². The predicted molar refractivity (Wildman–Crippen MR) is 166 cm³/mol. The second-order valence-corrected chi connectivity index (χ2v) is 12.8. The summed E-state index contributed by atoms with van der Waals surface area (Å²) in [6.07, 6.45) is -12.8. The van der Waals surface area contributed by atoms with Crippen molar-refractivity contribution in [3.63, 3.8) is 0 Å². The van der Waals surface area contributed by atoms with Crippen molar-refractivity contribution in [1.29, 1.82) is 0 Å². The van der Waals surface area contributed by atoms with E-state index in [9.17, 15) is 29.2 Å². The lowest BCUT2D eigenvalue weighted by molar-refractivity contribution is -0.353. The van der Waals surface area contributed by atoms with E-state index in [-0.39, 0.29) is 18.1 Å². The maximum atomic E-state index is 14.1. The lowest BCUT2D eigenvalue weighted by atomic mass is 9.90. The smallest absolute Gasteiger partial charge is 0.463 e. The second kappa shape index (κ2) is 17.4. The van der Waals surface area contributed by atoms with Crippen LogP contribution in [0.25, 0.3) is 0 Å². The Morgan fingerprint density at radius 3 is 1.71 bits per heavy atom. The summed E-state index contributed by atoms with van der Waals surface area (Å²) in [4.78, 5) is 35.6. The molecule has 2 heterocycles. The first-order valence-electron chi connectivity index (χ1n) is 15.4. The Labute approximate surface area is 283 Å². The Bertz CT molecular complexity index is 1380. The molecule has 0 spiro atoms. The SMILES string of the molecule is COC1OC(COP(=O)(Oc2ccccc2)Oc2ccccc2)C(OC2OC(COC(C)=O)C(C)C(O)C2OC(C)=O)C(O)C1OC(C)=O. The Morgan fingerprint density at radius 2 is 1.22 bits per heavy atom. The summed E-state index contributed by atoms with van der Waals surface area (Å²) in [5.74, 6) is -2.55. The molecule has 17 heteroatoms. The number of hydrogen-bond acceptors (Lipinski definition) is 16. The van der Waals surface area contributed by atoms with Crippen molar-refractivity contribution < 1.29 is 75.9 Å². The van der Waals surface area contributed by atoms with E-state index in [1.54, 1.807) is 43.3 Å². The van der Waals surface area contributed by atoms with E-state index in [1.165, 1.54) is 38.3 Å². The van der Waals surface area contributed by atoms with Gasteiger partial charge in [0, 0.05) is 33.8 Å². The lowest BCUT2D eigenvalue weighted by Crippen LogP contribution is -2.64. The van der Waals surface area contributed by atoms with Crippen LogP contribution in [0.4, 0.5) is 0 Å². The number of para-hydroxylation sites is 2. The summed E-state index contributed by atoms with van der Waals surface area (Å²) in [7, 11) is -3.25. The van der Waals surface area contributed by atoms with E-state index < -0.39 is 93.6 Å². The quantitative estimate of drug-likeness (QED) is 0.164. The average Bonchev–Trinajstić information content (AvgIpc) is 3.05. The zero-order valence-electron chi connectivity index (χ0n) is 27.5. The number of hydrogen-bond donors (Lipinski definition) is 2. The Morgan fingerprint density at radius 1 is 0.714 bits per heavy atom. The Balaban J connectivity index is 1.66. The summed E-state index contributed by atoms with van der Waals surface area (Å²) in [5.41, 5.74) is 0. The first kappa shape index (κ1) is 38.2. The molecule has 2 fully saturated rings. The zero-order valence-corrected chi connectivity index (χ0v) is 28.4. The van der Waals surface area contributed by atoms with E-state index >= 15 is 0 Å². The number of benzene rings is 2. The van der Waals surface area contributed by atoms with Gasteiger partial charge in [-0.3, -0.25) is 18.9 Å². The van der Waals surface area contributed by atoms with Crippen LogP contribution in [0.15, 0.2) is 60.7 Å². The highest BCUT2D eigenvalue weighted by Crippen LogP contribution is 2.50. The van der Waals surface area contributed by atoms with Gasteiger partial charge in [0.25, 0.3) is 0 Å². The van der Waals surface area contributed by atoms with Crippen molar-refractivity contribution in [2.45, 2.75) is 83.0 Å². The molecule has 2 aromatic rings. The average molecular weight is 713 g/mol. The molecule has 4 rings (SSSR count). The van der Waals surface area contributed by atoms with Crippen molar-refractivity contribution in [2.75, 3.05) is 20.3 Å². The normalized spacial score (nSPS) is 30.1. The van der Waals surface area contributed by atoms with E-state index in [1.807, 2.05) is 0 Å². The van der Waals surface area contributed by atoms with Crippen LogP contribution in [0.3, 0.4) is 0 Å². The van der Waals surface area contributed by atoms with Crippen LogP contribution in [0.1, 0.15) is 27.7 Å². The molecule has 0 saturated carbocycles. The van der Waals surface area contributed by atoms with Crippen LogP contribution >= 0.6 is 7.82 Å². The molecule has 0 aromatic heterocycles. The molecule has 270 valence electrons. The highest BCUT2D eigenvalue weighted by atomic mass is 31.2. The predicted octanol–water partition coefficient (Wildman–Crippen LogP) is 2.53. The molecular weight excluding hydrogens is 671 g/mol. The molecule has 49 heavy (non-hydrogen) atoms. The Kier molecular flexibility index (Phi) is 13.5. The summed E-state index contributed by atoms with van der Waals surface area (Å²) in [6.45, 7) is 4.11. The monoisotopic (exact) mass is 712 g/mol. The van der Waals surface area contributed by atoms with Gasteiger partial charge in [0.2, 0.25) is 0 Å². The standard InChI is InChI=1S/C32H41O16P/c1-18-24(16-40-19(2)33)44-32(29(26(18)36)42-20(3)34)46-28-25(45-31(39-5)30(27(28)37)43-21(4)35)17-41-49(38,47-22-12-8-6-9-13-22)48-23-14-10-7-11-15-23/h6-15,18,24-32,36-37H,16-17H2,1-5H3. The number of ether oxygens (including phenoxy) is 7. The van der Waals surface area contributed by atoms with Gasteiger partial charge in [-0.2, -0.15) is 0 Å². The van der Waals surface area contributed by atoms with Crippen molar-refractivity contribution in [3.8, 4) is 11.5 Å². The van der Waals surface area contributed by atoms with Gasteiger partial charge in [0.1, 0.15) is 48.6 Å². The fourth-order valence-electron chi connectivity index (χ4n) is 5.19. The van der Waals surface area contributed by atoms with Crippen molar-refractivity contribution in [3.05, 3.63) is 60.7 Å². The van der Waals surface area contributed by atoms with Gasteiger partial charge >= 0.3 is 25.7 Å². The van der Waals surface area contributed by atoms with Gasteiger partial charge in [-0.25, -0.2) is 4.57 Å². The largest absolute Gasteiger partial charge is 0.587 e. The highest BCUT2D eigenvalue weighted by Gasteiger charge is 2.53. The molecule has 0 amide bonds. The first-order chi connectivity index (χ1) is 23.3. The maximum Gasteiger partial charge on any atom is 0.587 e. The summed E-state index contributed by atoms with van der Waals surface area (Å²) in [5, 5.41) is 22.7. The second-order valence-electron chi connectivity index (χ2n) is 11.3. The van der Waals surface area contributed by atoms with Crippen LogP contribution < -0.4 is 9.05 Å². The van der Waals surface area contributed by atoms with E-state index in [0.29, 0.717) is 0 Å². The molecule has 0 bridgehead atoms. The summed E-state index contributed by atoms with van der Waals surface area (Å²) in [6, 6.07) is 16.2. The van der Waals surface area contributed by atoms with Gasteiger partial charge in [-0.1, -0.05) is 43.3 Å². The highest BCUT2D eigenvalue weighted by molar-refractivity contribution is 7.49. The molecule has 10 unspecified atom stereocenters. The topological polar surface area (TPSA) is 201 Å².